The fourth-order valence-electron chi connectivity index (χ4n) is 3.13. The summed E-state index contributed by atoms with van der Waals surface area (Å²) < 4.78 is 5.61. The zero-order valence-corrected chi connectivity index (χ0v) is 17.1. The minimum atomic E-state index is 0.0443. The summed E-state index contributed by atoms with van der Waals surface area (Å²) in [6.07, 6.45) is 1.13. The molecule has 1 aliphatic heterocycles. The number of piperazine rings is 1. The Morgan fingerprint density at radius 3 is 2.39 bits per heavy atom. The molecule has 5 nitrogen and oxygen atoms in total. The number of halogens is 1. The first kappa shape index (κ1) is 20.5. The molecule has 0 aliphatic carbocycles. The Balaban J connectivity index is 1.33. The van der Waals surface area contributed by atoms with Gasteiger partial charge in [0.2, 0.25) is 5.91 Å². The average molecular weight is 402 g/mol. The monoisotopic (exact) mass is 401 g/mol. The number of ether oxygens (including phenoxy) is 1. The molecule has 1 heterocycles. The lowest BCUT2D eigenvalue weighted by Gasteiger charge is -2.34. The van der Waals surface area contributed by atoms with E-state index in [9.17, 15) is 4.79 Å². The maximum atomic E-state index is 12.0. The van der Waals surface area contributed by atoms with Crippen molar-refractivity contribution in [2.45, 2.75) is 19.4 Å². The summed E-state index contributed by atoms with van der Waals surface area (Å²) in [6.45, 7) is 5.38. The summed E-state index contributed by atoms with van der Waals surface area (Å²) in [5.74, 6) is 0.813. The van der Waals surface area contributed by atoms with Crippen LogP contribution in [0.2, 0.25) is 5.02 Å². The highest BCUT2D eigenvalue weighted by Gasteiger charge is 2.13. The fraction of sp³-hybridized carbons (Fsp3) is 0.409. The first-order valence-electron chi connectivity index (χ1n) is 9.78. The van der Waals surface area contributed by atoms with Crippen LogP contribution in [0, 0.1) is 0 Å². The van der Waals surface area contributed by atoms with E-state index in [1.54, 1.807) is 12.1 Å². The van der Waals surface area contributed by atoms with Crippen molar-refractivity contribution in [3.8, 4) is 5.75 Å². The SMILES string of the molecule is CN1CCN(c2ccc(CNC(=O)CCCOc3ccc(Cl)cc3)cc2)CC1. The van der Waals surface area contributed by atoms with Crippen molar-refractivity contribution < 1.29 is 9.53 Å². The minimum Gasteiger partial charge on any atom is -0.494 e. The number of hydrogen-bond acceptors (Lipinski definition) is 4. The number of hydrogen-bond donors (Lipinski definition) is 1. The number of nitrogens with zero attached hydrogens (tertiary/aromatic N) is 2. The lowest BCUT2D eigenvalue weighted by molar-refractivity contribution is -0.121. The summed E-state index contributed by atoms with van der Waals surface area (Å²) in [6, 6.07) is 15.7. The van der Waals surface area contributed by atoms with E-state index in [1.165, 1.54) is 5.69 Å². The van der Waals surface area contributed by atoms with Gasteiger partial charge in [0.1, 0.15) is 5.75 Å². The molecule has 150 valence electrons. The number of amides is 1. The standard InChI is InChI=1S/C22H28ClN3O2/c1-25-12-14-26(15-13-25)20-8-4-18(5-9-20)17-24-22(27)3-2-16-28-21-10-6-19(23)7-11-21/h4-11H,2-3,12-17H2,1H3,(H,24,27). The number of anilines is 1. The van der Waals surface area contributed by atoms with Crippen molar-refractivity contribution in [1.82, 2.24) is 10.2 Å². The van der Waals surface area contributed by atoms with Crippen LogP contribution in [0.1, 0.15) is 18.4 Å². The van der Waals surface area contributed by atoms with Crippen molar-refractivity contribution >= 4 is 23.2 Å². The summed E-state index contributed by atoms with van der Waals surface area (Å²) in [7, 11) is 2.16. The van der Waals surface area contributed by atoms with Crippen LogP contribution >= 0.6 is 11.6 Å². The topological polar surface area (TPSA) is 44.8 Å². The van der Waals surface area contributed by atoms with Gasteiger partial charge in [0, 0.05) is 49.9 Å². The van der Waals surface area contributed by atoms with Gasteiger partial charge in [-0.25, -0.2) is 0 Å². The lowest BCUT2D eigenvalue weighted by atomic mass is 10.1. The molecule has 2 aromatic rings. The molecule has 1 saturated heterocycles. The van der Waals surface area contributed by atoms with Gasteiger partial charge in [0.05, 0.1) is 6.61 Å². The molecule has 28 heavy (non-hydrogen) atoms. The van der Waals surface area contributed by atoms with Crippen LogP contribution in [0.15, 0.2) is 48.5 Å². The Morgan fingerprint density at radius 1 is 1.04 bits per heavy atom. The summed E-state index contributed by atoms with van der Waals surface area (Å²) in [4.78, 5) is 16.8. The molecule has 0 atom stereocenters. The summed E-state index contributed by atoms with van der Waals surface area (Å²) in [5, 5.41) is 3.66. The third-order valence-electron chi connectivity index (χ3n) is 4.92. The van der Waals surface area contributed by atoms with E-state index in [0.717, 1.165) is 37.5 Å². The number of likely N-dealkylation sites (N-methyl/N-ethyl adjacent to an activating group) is 1. The van der Waals surface area contributed by atoms with Gasteiger partial charge in [-0.1, -0.05) is 23.7 Å². The van der Waals surface area contributed by atoms with Gasteiger partial charge >= 0.3 is 0 Å². The van der Waals surface area contributed by atoms with Crippen molar-refractivity contribution in [1.29, 1.82) is 0 Å². The van der Waals surface area contributed by atoms with Crippen LogP contribution in [0.25, 0.3) is 0 Å². The molecule has 0 aromatic heterocycles. The first-order valence-corrected chi connectivity index (χ1v) is 10.2. The third-order valence-corrected chi connectivity index (χ3v) is 5.18. The van der Waals surface area contributed by atoms with E-state index < -0.39 is 0 Å². The van der Waals surface area contributed by atoms with Crippen LogP contribution in [0.5, 0.6) is 5.75 Å². The molecule has 6 heteroatoms. The van der Waals surface area contributed by atoms with Crippen LogP contribution < -0.4 is 15.0 Å². The van der Waals surface area contributed by atoms with Gasteiger partial charge in [-0.2, -0.15) is 0 Å². The van der Waals surface area contributed by atoms with Gasteiger partial charge in [0.15, 0.2) is 0 Å². The molecule has 0 saturated carbocycles. The predicted molar refractivity (Wildman–Crippen MR) is 114 cm³/mol. The Bertz CT molecular complexity index is 741. The van der Waals surface area contributed by atoms with Crippen molar-refractivity contribution in [2.24, 2.45) is 0 Å². The number of nitrogens with one attached hydrogen (secondary N) is 1. The van der Waals surface area contributed by atoms with Crippen LogP contribution in [-0.4, -0.2) is 50.6 Å². The smallest absolute Gasteiger partial charge is 0.220 e. The van der Waals surface area contributed by atoms with Crippen LogP contribution in [-0.2, 0) is 11.3 Å². The lowest BCUT2D eigenvalue weighted by Crippen LogP contribution is -2.44. The molecule has 1 amide bonds. The highest BCUT2D eigenvalue weighted by Crippen LogP contribution is 2.17. The van der Waals surface area contributed by atoms with Gasteiger partial charge in [-0.3, -0.25) is 4.79 Å². The average Bonchev–Trinajstić information content (AvgIpc) is 2.72. The van der Waals surface area contributed by atoms with Gasteiger partial charge in [0.25, 0.3) is 0 Å². The summed E-state index contributed by atoms with van der Waals surface area (Å²) >= 11 is 5.84. The molecular weight excluding hydrogens is 374 g/mol. The van der Waals surface area contributed by atoms with Gasteiger partial charge in [-0.05, 0) is 55.4 Å². The van der Waals surface area contributed by atoms with E-state index in [0.29, 0.717) is 31.0 Å². The number of carbonyl (C=O) groups is 1. The Morgan fingerprint density at radius 2 is 1.71 bits per heavy atom. The van der Waals surface area contributed by atoms with E-state index in [2.05, 4.69) is 46.4 Å². The van der Waals surface area contributed by atoms with Crippen molar-refractivity contribution in [2.75, 3.05) is 44.7 Å². The zero-order valence-electron chi connectivity index (χ0n) is 16.4. The Kier molecular flexibility index (Phi) is 7.57. The largest absolute Gasteiger partial charge is 0.494 e. The van der Waals surface area contributed by atoms with Gasteiger partial charge in [-0.15, -0.1) is 0 Å². The Labute approximate surface area is 172 Å². The quantitative estimate of drug-likeness (QED) is 0.687. The molecular formula is C22H28ClN3O2. The molecule has 0 spiro atoms. The highest BCUT2D eigenvalue weighted by atomic mass is 35.5. The summed E-state index contributed by atoms with van der Waals surface area (Å²) in [5.41, 5.74) is 2.37. The van der Waals surface area contributed by atoms with E-state index in [1.807, 2.05) is 12.1 Å². The minimum absolute atomic E-state index is 0.0443. The molecule has 0 bridgehead atoms. The Hall–Kier alpha value is -2.24. The van der Waals surface area contributed by atoms with E-state index in [4.69, 9.17) is 16.3 Å². The molecule has 1 aliphatic rings. The van der Waals surface area contributed by atoms with E-state index >= 15 is 0 Å². The second kappa shape index (κ2) is 10.3. The number of carbonyl (C=O) groups excluding carboxylic acids is 1. The zero-order chi connectivity index (χ0) is 19.8. The van der Waals surface area contributed by atoms with Crippen LogP contribution in [0.3, 0.4) is 0 Å². The fourth-order valence-corrected chi connectivity index (χ4v) is 3.26. The number of rotatable bonds is 8. The van der Waals surface area contributed by atoms with Gasteiger partial charge < -0.3 is 19.9 Å². The predicted octanol–water partition coefficient (Wildman–Crippen LogP) is 3.57. The third kappa shape index (κ3) is 6.43. The molecule has 2 aromatic carbocycles. The molecule has 0 radical (unpaired) electrons. The van der Waals surface area contributed by atoms with Crippen molar-refractivity contribution in [3.63, 3.8) is 0 Å². The molecule has 1 fully saturated rings. The first-order chi connectivity index (χ1) is 13.6. The molecule has 3 rings (SSSR count). The van der Waals surface area contributed by atoms with Crippen LogP contribution in [0.4, 0.5) is 5.69 Å². The maximum absolute atomic E-state index is 12.0. The van der Waals surface area contributed by atoms with E-state index in [-0.39, 0.29) is 5.91 Å². The maximum Gasteiger partial charge on any atom is 0.220 e. The molecule has 0 unspecified atom stereocenters. The number of benzene rings is 2. The normalized spacial score (nSPS) is 14.7. The van der Waals surface area contributed by atoms with Crippen molar-refractivity contribution in [3.05, 3.63) is 59.1 Å². The highest BCUT2D eigenvalue weighted by molar-refractivity contribution is 6.30. The second-order valence-electron chi connectivity index (χ2n) is 7.14. The molecule has 1 N–H and O–H groups in total. The second-order valence-corrected chi connectivity index (χ2v) is 7.58.